The van der Waals surface area contributed by atoms with E-state index in [-0.39, 0.29) is 6.10 Å². The minimum atomic E-state index is 0.0643. The van der Waals surface area contributed by atoms with Gasteiger partial charge in [0.05, 0.1) is 35.3 Å². The fourth-order valence-electron chi connectivity index (χ4n) is 3.13. The Hall–Kier alpha value is -3.71. The summed E-state index contributed by atoms with van der Waals surface area (Å²) >= 11 is 1.57. The Morgan fingerprint density at radius 2 is 1.82 bits per heavy atom. The highest BCUT2D eigenvalue weighted by Crippen LogP contribution is 2.28. The van der Waals surface area contributed by atoms with Gasteiger partial charge in [-0.15, -0.1) is 11.3 Å². The molecule has 33 heavy (non-hydrogen) atoms. The molecule has 0 atom stereocenters. The molecule has 0 unspecified atom stereocenters. The predicted molar refractivity (Wildman–Crippen MR) is 136 cm³/mol. The average Bonchev–Trinajstić information content (AvgIpc) is 3.24. The van der Waals surface area contributed by atoms with Crippen molar-refractivity contribution in [3.8, 4) is 11.5 Å². The van der Waals surface area contributed by atoms with Gasteiger partial charge >= 0.3 is 0 Å². The standard InChI is InChI=1S/C26H26N4O2S/c1-17(2)32-22-14-11-19(15-23(22)31-4)16-27-30-25(28-20-12-9-18(3)10-13-20)26-29-21-7-5-6-8-24(21)33-26/h5-17H,1-4H3,(H,28,30)/b27-16+. The van der Waals surface area contributed by atoms with Crippen LogP contribution in [0.2, 0.25) is 0 Å². The molecule has 0 amide bonds. The van der Waals surface area contributed by atoms with Crippen LogP contribution < -0.4 is 14.9 Å². The number of methoxy groups -OCH3 is 1. The number of hydrazone groups is 1. The largest absolute Gasteiger partial charge is 0.493 e. The smallest absolute Gasteiger partial charge is 0.183 e. The molecule has 6 nitrogen and oxygen atoms in total. The maximum absolute atomic E-state index is 5.78. The van der Waals surface area contributed by atoms with E-state index >= 15 is 0 Å². The van der Waals surface area contributed by atoms with Crippen molar-refractivity contribution in [3.05, 3.63) is 82.9 Å². The van der Waals surface area contributed by atoms with E-state index in [1.807, 2.05) is 74.5 Å². The highest BCUT2D eigenvalue weighted by atomic mass is 32.1. The monoisotopic (exact) mass is 458 g/mol. The molecule has 0 saturated heterocycles. The van der Waals surface area contributed by atoms with Crippen molar-refractivity contribution in [2.45, 2.75) is 26.9 Å². The summed E-state index contributed by atoms with van der Waals surface area (Å²) < 4.78 is 12.3. The minimum absolute atomic E-state index is 0.0643. The third-order valence-corrected chi connectivity index (χ3v) is 5.75. The van der Waals surface area contributed by atoms with Crippen molar-refractivity contribution >= 4 is 39.3 Å². The number of hydrogen-bond acceptors (Lipinski definition) is 6. The van der Waals surface area contributed by atoms with Crippen LogP contribution in [0.3, 0.4) is 0 Å². The molecule has 1 heterocycles. The second-order valence-electron chi connectivity index (χ2n) is 7.73. The first kappa shape index (κ1) is 22.5. The number of nitrogens with one attached hydrogen (secondary N) is 1. The number of hydrogen-bond donors (Lipinski definition) is 1. The van der Waals surface area contributed by atoms with E-state index in [0.717, 1.165) is 26.5 Å². The number of thiazole rings is 1. The number of rotatable bonds is 7. The van der Waals surface area contributed by atoms with Crippen LogP contribution in [0.15, 0.2) is 76.8 Å². The van der Waals surface area contributed by atoms with Crippen LogP contribution in [0.4, 0.5) is 5.69 Å². The first-order valence-corrected chi connectivity index (χ1v) is 11.5. The molecule has 1 N–H and O–H groups in total. The topological polar surface area (TPSA) is 68.1 Å². The number of benzene rings is 3. The molecule has 0 spiro atoms. The lowest BCUT2D eigenvalue weighted by atomic mass is 10.2. The summed E-state index contributed by atoms with van der Waals surface area (Å²) in [6.45, 7) is 6.02. The van der Waals surface area contributed by atoms with Crippen LogP contribution in [0.25, 0.3) is 10.2 Å². The van der Waals surface area contributed by atoms with Gasteiger partial charge in [-0.05, 0) is 68.8 Å². The Morgan fingerprint density at radius 3 is 2.55 bits per heavy atom. The molecule has 1 aromatic heterocycles. The molecule has 0 fully saturated rings. The summed E-state index contributed by atoms with van der Waals surface area (Å²) in [7, 11) is 1.63. The number of amidine groups is 1. The van der Waals surface area contributed by atoms with Crippen LogP contribution in [-0.4, -0.2) is 30.2 Å². The van der Waals surface area contributed by atoms with Gasteiger partial charge in [0.25, 0.3) is 0 Å². The summed E-state index contributed by atoms with van der Waals surface area (Å²) in [5.74, 6) is 1.95. The molecule has 0 saturated carbocycles. The number of aromatic nitrogens is 1. The molecular weight excluding hydrogens is 432 g/mol. The van der Waals surface area contributed by atoms with Gasteiger partial charge in [0.15, 0.2) is 22.3 Å². The highest BCUT2D eigenvalue weighted by Gasteiger charge is 2.11. The summed E-state index contributed by atoms with van der Waals surface area (Å²) in [4.78, 5) is 9.51. The van der Waals surface area contributed by atoms with E-state index in [4.69, 9.17) is 19.5 Å². The normalized spacial score (nSPS) is 12.0. The number of aliphatic imine (C=N–C) groups is 1. The summed E-state index contributed by atoms with van der Waals surface area (Å²) in [5.41, 5.74) is 6.90. The molecule has 0 radical (unpaired) electrons. The van der Waals surface area contributed by atoms with Gasteiger partial charge < -0.3 is 9.47 Å². The van der Waals surface area contributed by atoms with E-state index in [1.54, 1.807) is 24.7 Å². The molecule has 7 heteroatoms. The zero-order valence-electron chi connectivity index (χ0n) is 19.1. The zero-order valence-corrected chi connectivity index (χ0v) is 19.9. The van der Waals surface area contributed by atoms with Gasteiger partial charge in [-0.1, -0.05) is 29.8 Å². The van der Waals surface area contributed by atoms with Crippen molar-refractivity contribution < 1.29 is 9.47 Å². The van der Waals surface area contributed by atoms with E-state index in [2.05, 4.69) is 23.5 Å². The third kappa shape index (κ3) is 5.75. The van der Waals surface area contributed by atoms with Crippen molar-refractivity contribution in [1.82, 2.24) is 10.4 Å². The molecule has 3 aromatic carbocycles. The second kappa shape index (κ2) is 10.3. The zero-order chi connectivity index (χ0) is 23.2. The van der Waals surface area contributed by atoms with Crippen LogP contribution in [0.1, 0.15) is 30.0 Å². The average molecular weight is 459 g/mol. The highest BCUT2D eigenvalue weighted by molar-refractivity contribution is 7.20. The van der Waals surface area contributed by atoms with E-state index < -0.39 is 0 Å². The van der Waals surface area contributed by atoms with Gasteiger partial charge in [-0.2, -0.15) is 5.10 Å². The number of ether oxygens (including phenoxy) is 2. The number of nitrogens with zero attached hydrogens (tertiary/aromatic N) is 3. The van der Waals surface area contributed by atoms with Crippen LogP contribution >= 0.6 is 11.3 Å². The van der Waals surface area contributed by atoms with Crippen LogP contribution in [-0.2, 0) is 0 Å². The van der Waals surface area contributed by atoms with Crippen molar-refractivity contribution in [3.63, 3.8) is 0 Å². The molecule has 0 aliphatic heterocycles. The van der Waals surface area contributed by atoms with Gasteiger partial charge in [0, 0.05) is 0 Å². The second-order valence-corrected chi connectivity index (χ2v) is 8.76. The molecule has 0 bridgehead atoms. The molecule has 0 aliphatic rings. The Balaban J connectivity index is 1.61. The summed E-state index contributed by atoms with van der Waals surface area (Å²) in [6, 6.07) is 21.8. The van der Waals surface area contributed by atoms with E-state index in [1.165, 1.54) is 5.56 Å². The SMILES string of the molecule is COc1cc(/C=N/NC(=Nc2ccc(C)cc2)c2nc3ccccc3s2)ccc1OC(C)C. The molecule has 4 aromatic rings. The maximum Gasteiger partial charge on any atom is 0.183 e. The maximum atomic E-state index is 5.78. The fraction of sp³-hybridized carbons (Fsp3) is 0.192. The van der Waals surface area contributed by atoms with Crippen LogP contribution in [0.5, 0.6) is 11.5 Å². The van der Waals surface area contributed by atoms with E-state index in [9.17, 15) is 0 Å². The lowest BCUT2D eigenvalue weighted by Crippen LogP contribution is -2.18. The quantitative estimate of drug-likeness (QED) is 0.206. The Kier molecular flexibility index (Phi) is 7.00. The summed E-state index contributed by atoms with van der Waals surface area (Å²) in [5, 5.41) is 5.20. The Bertz CT molecular complexity index is 1260. The molecule has 0 aliphatic carbocycles. The third-order valence-electron chi connectivity index (χ3n) is 4.71. The van der Waals surface area contributed by atoms with Gasteiger partial charge in [-0.25, -0.2) is 9.98 Å². The fourth-order valence-corrected chi connectivity index (χ4v) is 4.03. The lowest BCUT2D eigenvalue weighted by Gasteiger charge is -2.13. The van der Waals surface area contributed by atoms with E-state index in [0.29, 0.717) is 17.3 Å². The number of aryl methyl sites for hydroxylation is 1. The van der Waals surface area contributed by atoms with Gasteiger partial charge in [0.1, 0.15) is 0 Å². The lowest BCUT2D eigenvalue weighted by molar-refractivity contribution is 0.230. The van der Waals surface area contributed by atoms with Crippen molar-refractivity contribution in [2.75, 3.05) is 7.11 Å². The molecular formula is C26H26N4O2S. The van der Waals surface area contributed by atoms with Crippen molar-refractivity contribution in [2.24, 2.45) is 10.1 Å². The van der Waals surface area contributed by atoms with Crippen LogP contribution in [0, 0.1) is 6.92 Å². The summed E-state index contributed by atoms with van der Waals surface area (Å²) in [6.07, 6.45) is 1.79. The first-order valence-electron chi connectivity index (χ1n) is 10.7. The first-order chi connectivity index (χ1) is 16.0. The van der Waals surface area contributed by atoms with Crippen molar-refractivity contribution in [1.29, 1.82) is 0 Å². The molecule has 168 valence electrons. The number of para-hydroxylation sites is 1. The van der Waals surface area contributed by atoms with Gasteiger partial charge in [-0.3, -0.25) is 5.43 Å². The Morgan fingerprint density at radius 1 is 1.03 bits per heavy atom. The predicted octanol–water partition coefficient (Wildman–Crippen LogP) is 6.10. The number of fused-ring (bicyclic) bond motifs is 1. The Labute approximate surface area is 197 Å². The minimum Gasteiger partial charge on any atom is -0.493 e. The van der Waals surface area contributed by atoms with Gasteiger partial charge in [0.2, 0.25) is 0 Å². The molecule has 4 rings (SSSR count).